The molecule has 0 bridgehead atoms. The third-order valence-electron chi connectivity index (χ3n) is 3.96. The number of hydrogen-bond donors (Lipinski definition) is 0. The fourth-order valence-corrected chi connectivity index (χ4v) is 2.85. The molecule has 3 atom stereocenters. The van der Waals surface area contributed by atoms with Crippen molar-refractivity contribution in [2.45, 2.75) is 71.3 Å². The van der Waals surface area contributed by atoms with Gasteiger partial charge in [-0.25, -0.2) is 4.79 Å². The molecular formula is C14H25NO3. The first kappa shape index (κ1) is 13.7. The van der Waals surface area contributed by atoms with Crippen LogP contribution in [0.25, 0.3) is 0 Å². The van der Waals surface area contributed by atoms with E-state index in [9.17, 15) is 4.79 Å². The number of ether oxygens (including phenoxy) is 2. The van der Waals surface area contributed by atoms with E-state index in [1.165, 1.54) is 0 Å². The van der Waals surface area contributed by atoms with Crippen molar-refractivity contribution in [3.05, 3.63) is 0 Å². The van der Waals surface area contributed by atoms with Gasteiger partial charge in [0.2, 0.25) is 0 Å². The summed E-state index contributed by atoms with van der Waals surface area (Å²) in [5.41, 5.74) is -0.425. The number of epoxide rings is 1. The number of likely N-dealkylation sites (tertiary alicyclic amines) is 1. The molecule has 1 amide bonds. The second-order valence-electron chi connectivity index (χ2n) is 6.90. The molecule has 0 N–H and O–H groups in total. The zero-order valence-corrected chi connectivity index (χ0v) is 12.3. The normalized spacial score (nSPS) is 35.4. The minimum atomic E-state index is -0.437. The van der Waals surface area contributed by atoms with Gasteiger partial charge in [-0.2, -0.15) is 0 Å². The third-order valence-corrected chi connectivity index (χ3v) is 3.96. The van der Waals surface area contributed by atoms with Crippen molar-refractivity contribution in [3.63, 3.8) is 0 Å². The number of piperidine rings is 1. The lowest BCUT2D eigenvalue weighted by Crippen LogP contribution is -2.51. The predicted molar refractivity (Wildman–Crippen MR) is 69.5 cm³/mol. The van der Waals surface area contributed by atoms with Gasteiger partial charge in [-0.15, -0.1) is 0 Å². The van der Waals surface area contributed by atoms with E-state index in [1.54, 1.807) is 0 Å². The average molecular weight is 255 g/mol. The summed E-state index contributed by atoms with van der Waals surface area (Å²) in [5, 5.41) is 0. The molecule has 4 nitrogen and oxygen atoms in total. The van der Waals surface area contributed by atoms with Gasteiger partial charge in [0.25, 0.3) is 0 Å². The van der Waals surface area contributed by atoms with Crippen molar-refractivity contribution in [3.8, 4) is 0 Å². The molecule has 4 heteroatoms. The van der Waals surface area contributed by atoms with E-state index in [4.69, 9.17) is 9.47 Å². The Balaban J connectivity index is 2.00. The van der Waals surface area contributed by atoms with Crippen molar-refractivity contribution in [2.24, 2.45) is 5.92 Å². The van der Waals surface area contributed by atoms with Gasteiger partial charge in [0, 0.05) is 6.04 Å². The van der Waals surface area contributed by atoms with Crippen LogP contribution < -0.4 is 0 Å². The molecule has 104 valence electrons. The number of hydrogen-bond acceptors (Lipinski definition) is 3. The van der Waals surface area contributed by atoms with Gasteiger partial charge in [-0.1, -0.05) is 13.8 Å². The van der Waals surface area contributed by atoms with E-state index in [2.05, 4.69) is 20.8 Å². The van der Waals surface area contributed by atoms with Crippen molar-refractivity contribution in [1.29, 1.82) is 0 Å². The van der Waals surface area contributed by atoms with Crippen LogP contribution in [0, 0.1) is 5.92 Å². The van der Waals surface area contributed by atoms with Gasteiger partial charge in [0.1, 0.15) is 17.3 Å². The molecule has 0 spiro atoms. The first-order valence-electron chi connectivity index (χ1n) is 6.83. The van der Waals surface area contributed by atoms with Crippen LogP contribution in [0.4, 0.5) is 4.79 Å². The van der Waals surface area contributed by atoms with E-state index in [0.717, 1.165) is 6.42 Å². The Morgan fingerprint density at radius 2 is 2.06 bits per heavy atom. The molecule has 0 aliphatic carbocycles. The van der Waals surface area contributed by atoms with Gasteiger partial charge in [-0.05, 0) is 40.0 Å². The minimum absolute atomic E-state index is 0.0118. The summed E-state index contributed by atoms with van der Waals surface area (Å²) in [4.78, 5) is 13.9. The van der Waals surface area contributed by atoms with Crippen molar-refractivity contribution < 1.29 is 14.3 Å². The molecule has 0 unspecified atom stereocenters. The number of carbonyl (C=O) groups is 1. The van der Waals surface area contributed by atoms with E-state index >= 15 is 0 Å². The minimum Gasteiger partial charge on any atom is -0.444 e. The van der Waals surface area contributed by atoms with Crippen LogP contribution in [0.15, 0.2) is 0 Å². The maximum Gasteiger partial charge on any atom is 0.410 e. The number of nitrogens with zero attached hydrogens (tertiary/aromatic N) is 1. The fourth-order valence-electron chi connectivity index (χ4n) is 2.85. The van der Waals surface area contributed by atoms with Crippen molar-refractivity contribution >= 4 is 6.09 Å². The highest BCUT2D eigenvalue weighted by Crippen LogP contribution is 2.50. The fraction of sp³-hybridized carbons (Fsp3) is 0.929. The highest BCUT2D eigenvalue weighted by Gasteiger charge is 2.63. The topological polar surface area (TPSA) is 42.1 Å². The van der Waals surface area contributed by atoms with Crippen LogP contribution in [0.2, 0.25) is 0 Å². The Morgan fingerprint density at radius 1 is 1.44 bits per heavy atom. The van der Waals surface area contributed by atoms with Crippen LogP contribution >= 0.6 is 0 Å². The standard InChI is InChI=1S/C14H25NO3/c1-9(2)14-7-10(3)15(8-11(14)17-14)12(16)18-13(4,5)6/h9-11H,7-8H2,1-6H3/t10-,11+,14+/m1/s1. The summed E-state index contributed by atoms with van der Waals surface area (Å²) >= 11 is 0. The van der Waals surface area contributed by atoms with Crippen LogP contribution in [0.5, 0.6) is 0 Å². The smallest absolute Gasteiger partial charge is 0.410 e. The Labute approximate surface area is 110 Å². The van der Waals surface area contributed by atoms with Crippen LogP contribution in [0.1, 0.15) is 48.0 Å². The average Bonchev–Trinajstić information content (AvgIpc) is 2.88. The lowest BCUT2D eigenvalue weighted by Gasteiger charge is -2.36. The summed E-state index contributed by atoms with van der Waals surface area (Å²) in [5.74, 6) is 0.505. The second kappa shape index (κ2) is 4.12. The molecule has 2 saturated heterocycles. The Morgan fingerprint density at radius 3 is 2.56 bits per heavy atom. The van der Waals surface area contributed by atoms with E-state index in [-0.39, 0.29) is 23.8 Å². The van der Waals surface area contributed by atoms with Gasteiger partial charge in [0.05, 0.1) is 6.54 Å². The molecule has 2 aliphatic rings. The van der Waals surface area contributed by atoms with E-state index in [1.807, 2.05) is 25.7 Å². The highest BCUT2D eigenvalue weighted by molar-refractivity contribution is 5.69. The molecule has 18 heavy (non-hydrogen) atoms. The molecule has 0 aromatic heterocycles. The van der Waals surface area contributed by atoms with Gasteiger partial charge in [0.15, 0.2) is 0 Å². The summed E-state index contributed by atoms with van der Waals surface area (Å²) in [6.45, 7) is 12.8. The van der Waals surface area contributed by atoms with Crippen LogP contribution in [-0.2, 0) is 9.47 Å². The SMILES string of the molecule is CC(C)[C@@]12C[C@@H](C)N(C(=O)OC(C)(C)C)C[C@@H]1O2. The first-order valence-corrected chi connectivity index (χ1v) is 6.83. The molecule has 0 aromatic carbocycles. The van der Waals surface area contributed by atoms with Gasteiger partial charge in [-0.3, -0.25) is 0 Å². The van der Waals surface area contributed by atoms with E-state index in [0.29, 0.717) is 12.5 Å². The Hall–Kier alpha value is -0.770. The highest BCUT2D eigenvalue weighted by atomic mass is 16.6. The Kier molecular flexibility index (Phi) is 3.13. The first-order chi connectivity index (χ1) is 8.16. The monoisotopic (exact) mass is 255 g/mol. The van der Waals surface area contributed by atoms with E-state index < -0.39 is 5.60 Å². The molecule has 2 aliphatic heterocycles. The van der Waals surface area contributed by atoms with Crippen molar-refractivity contribution in [1.82, 2.24) is 4.90 Å². The molecule has 2 fully saturated rings. The number of rotatable bonds is 1. The number of amides is 1. The second-order valence-corrected chi connectivity index (χ2v) is 6.90. The largest absolute Gasteiger partial charge is 0.444 e. The lowest BCUT2D eigenvalue weighted by atomic mass is 9.83. The molecular weight excluding hydrogens is 230 g/mol. The number of carbonyl (C=O) groups excluding carboxylic acids is 1. The molecule has 0 aromatic rings. The summed E-state index contributed by atoms with van der Waals surface area (Å²) < 4.78 is 11.3. The maximum atomic E-state index is 12.1. The van der Waals surface area contributed by atoms with Gasteiger partial charge >= 0.3 is 6.09 Å². The molecule has 0 saturated carbocycles. The third kappa shape index (κ3) is 2.35. The van der Waals surface area contributed by atoms with Gasteiger partial charge < -0.3 is 14.4 Å². The van der Waals surface area contributed by atoms with Crippen LogP contribution in [-0.4, -0.2) is 40.9 Å². The predicted octanol–water partition coefficient (Wildman–Crippen LogP) is 2.81. The lowest BCUT2D eigenvalue weighted by molar-refractivity contribution is 0.0109. The zero-order valence-electron chi connectivity index (χ0n) is 12.3. The summed E-state index contributed by atoms with van der Waals surface area (Å²) in [7, 11) is 0. The molecule has 2 heterocycles. The van der Waals surface area contributed by atoms with Crippen LogP contribution in [0.3, 0.4) is 0 Å². The van der Waals surface area contributed by atoms with Crippen molar-refractivity contribution in [2.75, 3.05) is 6.54 Å². The summed E-state index contributed by atoms with van der Waals surface area (Å²) in [6.07, 6.45) is 0.887. The molecule has 2 rings (SSSR count). The number of fused-ring (bicyclic) bond motifs is 1. The summed E-state index contributed by atoms with van der Waals surface area (Å²) in [6, 6.07) is 0.181. The zero-order chi connectivity index (χ0) is 13.7. The maximum absolute atomic E-state index is 12.1. The Bertz CT molecular complexity index is 347. The molecule has 0 radical (unpaired) electrons. The quantitative estimate of drug-likeness (QED) is 0.677.